The Morgan fingerprint density at radius 3 is 2.15 bits per heavy atom. The number of methoxy groups -OCH3 is 1. The van der Waals surface area contributed by atoms with Gasteiger partial charge in [0.15, 0.2) is 0 Å². The van der Waals surface area contributed by atoms with Gasteiger partial charge in [-0.15, -0.1) is 0 Å². The van der Waals surface area contributed by atoms with E-state index in [2.05, 4.69) is 15.9 Å². The summed E-state index contributed by atoms with van der Waals surface area (Å²) in [4.78, 5) is 0.00752. The van der Waals surface area contributed by atoms with Gasteiger partial charge in [0.25, 0.3) is 9.05 Å². The third-order valence-corrected chi connectivity index (χ3v) is 4.44. The minimum Gasteiger partial charge on any atom is -0.497 e. The Labute approximate surface area is 129 Å². The molecule has 0 bridgehead atoms. The molecule has 0 atom stereocenters. The van der Waals surface area contributed by atoms with Crippen LogP contribution in [0.3, 0.4) is 0 Å². The predicted molar refractivity (Wildman–Crippen MR) is 80.2 cm³/mol. The van der Waals surface area contributed by atoms with Crippen LogP contribution in [0.25, 0.3) is 0 Å². The highest BCUT2D eigenvalue weighted by Gasteiger charge is 2.13. The Balaban J connectivity index is 2.25. The lowest BCUT2D eigenvalue weighted by atomic mass is 10.3. The van der Waals surface area contributed by atoms with Crippen LogP contribution in [-0.4, -0.2) is 15.5 Å². The molecule has 0 saturated heterocycles. The maximum absolute atomic E-state index is 11.2. The SMILES string of the molecule is COc1ccc(Oc2ccc(S(=O)(=O)Cl)cc2Br)cc1. The molecule has 0 spiro atoms. The van der Waals surface area contributed by atoms with Crippen LogP contribution in [0.2, 0.25) is 0 Å². The Morgan fingerprint density at radius 2 is 1.65 bits per heavy atom. The van der Waals surface area contributed by atoms with Gasteiger partial charge in [-0.05, 0) is 58.4 Å². The molecule has 0 aliphatic carbocycles. The van der Waals surface area contributed by atoms with E-state index in [1.807, 2.05) is 0 Å². The summed E-state index contributed by atoms with van der Waals surface area (Å²) in [7, 11) is 3.10. The molecule has 2 aromatic rings. The largest absolute Gasteiger partial charge is 0.497 e. The van der Waals surface area contributed by atoms with E-state index >= 15 is 0 Å². The fourth-order valence-corrected chi connectivity index (χ4v) is 2.88. The van der Waals surface area contributed by atoms with Crippen molar-refractivity contribution in [1.82, 2.24) is 0 Å². The summed E-state index contributed by atoms with van der Waals surface area (Å²) in [5.74, 6) is 1.81. The number of hydrogen-bond donors (Lipinski definition) is 0. The lowest BCUT2D eigenvalue weighted by Gasteiger charge is -2.09. The van der Waals surface area contributed by atoms with Crippen molar-refractivity contribution >= 4 is 35.7 Å². The molecule has 7 heteroatoms. The Hall–Kier alpha value is -1.24. The van der Waals surface area contributed by atoms with Crippen molar-refractivity contribution in [1.29, 1.82) is 0 Å². The number of rotatable bonds is 4. The zero-order valence-electron chi connectivity index (χ0n) is 10.3. The van der Waals surface area contributed by atoms with Gasteiger partial charge in [0.05, 0.1) is 16.5 Å². The van der Waals surface area contributed by atoms with Crippen molar-refractivity contribution in [2.75, 3.05) is 7.11 Å². The molecule has 106 valence electrons. The lowest BCUT2D eigenvalue weighted by molar-refractivity contribution is 0.412. The first kappa shape index (κ1) is 15.2. The maximum atomic E-state index is 11.2. The van der Waals surface area contributed by atoms with Crippen LogP contribution in [0.1, 0.15) is 0 Å². The van der Waals surface area contributed by atoms with E-state index in [0.29, 0.717) is 16.0 Å². The summed E-state index contributed by atoms with van der Waals surface area (Å²) in [6.07, 6.45) is 0. The highest BCUT2D eigenvalue weighted by molar-refractivity contribution is 9.10. The first-order chi connectivity index (χ1) is 9.40. The Bertz CT molecular complexity index is 714. The average molecular weight is 378 g/mol. The molecule has 0 heterocycles. The zero-order chi connectivity index (χ0) is 14.8. The van der Waals surface area contributed by atoms with Gasteiger partial charge in [0, 0.05) is 10.7 Å². The first-order valence-electron chi connectivity index (χ1n) is 5.46. The van der Waals surface area contributed by atoms with E-state index in [0.717, 1.165) is 5.75 Å². The van der Waals surface area contributed by atoms with Crippen LogP contribution in [0.4, 0.5) is 0 Å². The molecule has 20 heavy (non-hydrogen) atoms. The van der Waals surface area contributed by atoms with Crippen LogP contribution >= 0.6 is 26.6 Å². The van der Waals surface area contributed by atoms with Crippen molar-refractivity contribution in [3.8, 4) is 17.2 Å². The molecule has 0 aromatic heterocycles. The highest BCUT2D eigenvalue weighted by Crippen LogP contribution is 2.33. The van der Waals surface area contributed by atoms with Gasteiger partial charge >= 0.3 is 0 Å². The topological polar surface area (TPSA) is 52.6 Å². The molecule has 0 amide bonds. The van der Waals surface area contributed by atoms with Crippen molar-refractivity contribution in [2.24, 2.45) is 0 Å². The summed E-state index contributed by atoms with van der Waals surface area (Å²) in [6, 6.07) is 11.3. The minimum atomic E-state index is -3.75. The highest BCUT2D eigenvalue weighted by atomic mass is 79.9. The number of halogens is 2. The molecule has 0 radical (unpaired) electrons. The van der Waals surface area contributed by atoms with E-state index in [1.165, 1.54) is 18.2 Å². The normalized spacial score (nSPS) is 11.2. The van der Waals surface area contributed by atoms with E-state index in [4.69, 9.17) is 20.2 Å². The molecular formula is C13H10BrClO4S. The fourth-order valence-electron chi connectivity index (χ4n) is 1.49. The van der Waals surface area contributed by atoms with Crippen molar-refractivity contribution < 1.29 is 17.9 Å². The summed E-state index contributed by atoms with van der Waals surface area (Å²) in [6.45, 7) is 0. The molecule has 0 N–H and O–H groups in total. The van der Waals surface area contributed by atoms with Gasteiger partial charge in [-0.3, -0.25) is 0 Å². The van der Waals surface area contributed by atoms with Crippen molar-refractivity contribution in [3.63, 3.8) is 0 Å². The summed E-state index contributed by atoms with van der Waals surface area (Å²) in [5.41, 5.74) is 0. The van der Waals surface area contributed by atoms with Gasteiger partial charge in [-0.2, -0.15) is 0 Å². The maximum Gasteiger partial charge on any atom is 0.261 e. The van der Waals surface area contributed by atoms with Crippen molar-refractivity contribution in [3.05, 3.63) is 46.9 Å². The summed E-state index contributed by atoms with van der Waals surface area (Å²) < 4.78 is 33.6. The number of ether oxygens (including phenoxy) is 2. The van der Waals surface area contributed by atoms with E-state index in [1.54, 1.807) is 31.4 Å². The molecular weight excluding hydrogens is 368 g/mol. The second-order valence-corrected chi connectivity index (χ2v) is 7.23. The van der Waals surface area contributed by atoms with Crippen molar-refractivity contribution in [2.45, 2.75) is 4.90 Å². The molecule has 4 nitrogen and oxygen atoms in total. The standard InChI is InChI=1S/C13H10BrClO4S/c1-18-9-2-4-10(5-3-9)19-13-7-6-11(8-12(13)14)20(15,16)17/h2-8H,1H3. The monoisotopic (exact) mass is 376 g/mol. The lowest BCUT2D eigenvalue weighted by Crippen LogP contribution is -1.92. The van der Waals surface area contributed by atoms with Crippen LogP contribution < -0.4 is 9.47 Å². The smallest absolute Gasteiger partial charge is 0.261 e. The van der Waals surface area contributed by atoms with Gasteiger partial charge in [-0.1, -0.05) is 0 Å². The average Bonchev–Trinajstić information content (AvgIpc) is 2.41. The minimum absolute atomic E-state index is 0.00752. The van der Waals surface area contributed by atoms with Crippen LogP contribution in [-0.2, 0) is 9.05 Å². The first-order valence-corrected chi connectivity index (χ1v) is 8.56. The molecule has 2 rings (SSSR count). The Kier molecular flexibility index (Phi) is 4.57. The second-order valence-electron chi connectivity index (χ2n) is 3.81. The van der Waals surface area contributed by atoms with Crippen LogP contribution in [0, 0.1) is 0 Å². The second kappa shape index (κ2) is 6.03. The number of hydrogen-bond acceptors (Lipinski definition) is 4. The molecule has 0 saturated carbocycles. The zero-order valence-corrected chi connectivity index (χ0v) is 13.5. The fraction of sp³-hybridized carbons (Fsp3) is 0.0769. The number of benzene rings is 2. The van der Waals surface area contributed by atoms with E-state index in [9.17, 15) is 8.42 Å². The molecule has 0 unspecified atom stereocenters. The van der Waals surface area contributed by atoms with Crippen LogP contribution in [0.15, 0.2) is 51.8 Å². The van der Waals surface area contributed by atoms with Gasteiger partial charge in [0.1, 0.15) is 17.2 Å². The predicted octanol–water partition coefficient (Wildman–Crippen LogP) is 4.18. The van der Waals surface area contributed by atoms with E-state index < -0.39 is 9.05 Å². The van der Waals surface area contributed by atoms with Gasteiger partial charge in [-0.25, -0.2) is 8.42 Å². The van der Waals surface area contributed by atoms with Crippen LogP contribution in [0.5, 0.6) is 17.2 Å². The van der Waals surface area contributed by atoms with Gasteiger partial charge < -0.3 is 9.47 Å². The molecule has 2 aromatic carbocycles. The summed E-state index contributed by atoms with van der Waals surface area (Å²) >= 11 is 3.25. The summed E-state index contributed by atoms with van der Waals surface area (Å²) in [5, 5.41) is 0. The van der Waals surface area contributed by atoms with Gasteiger partial charge in [0.2, 0.25) is 0 Å². The Morgan fingerprint density at radius 1 is 1.05 bits per heavy atom. The van der Waals surface area contributed by atoms with E-state index in [-0.39, 0.29) is 4.90 Å². The molecule has 0 aliphatic heterocycles. The quantitative estimate of drug-likeness (QED) is 0.750. The molecule has 0 fully saturated rings. The third kappa shape index (κ3) is 3.65. The molecule has 0 aliphatic rings. The third-order valence-electron chi connectivity index (χ3n) is 2.47.